The number of rotatable bonds is 6. The molecule has 33 heavy (non-hydrogen) atoms. The number of piperidine rings is 1. The fraction of sp³-hybridized carbons (Fsp3) is 0.231. The van der Waals surface area contributed by atoms with E-state index in [0.717, 1.165) is 37.2 Å². The van der Waals surface area contributed by atoms with Crippen molar-refractivity contribution in [1.29, 1.82) is 0 Å². The molecule has 2 amide bonds. The van der Waals surface area contributed by atoms with Gasteiger partial charge in [0.1, 0.15) is 5.82 Å². The Morgan fingerprint density at radius 3 is 2.39 bits per heavy atom. The number of hydrogen-bond donors (Lipinski definition) is 2. The van der Waals surface area contributed by atoms with Crippen molar-refractivity contribution < 1.29 is 14.0 Å². The summed E-state index contributed by atoms with van der Waals surface area (Å²) in [6.07, 6.45) is 1.55. The first kappa shape index (κ1) is 22.8. The molecule has 4 rings (SSSR count). The normalized spacial score (nSPS) is 14.1. The minimum Gasteiger partial charge on any atom is -0.371 e. The average molecular weight is 466 g/mol. The van der Waals surface area contributed by atoms with Crippen molar-refractivity contribution in [2.45, 2.75) is 25.4 Å². The predicted molar refractivity (Wildman–Crippen MR) is 128 cm³/mol. The molecule has 1 fully saturated rings. The summed E-state index contributed by atoms with van der Waals surface area (Å²) in [6, 6.07) is 20.6. The molecule has 1 saturated heterocycles. The number of halogens is 2. The number of benzene rings is 3. The third-order valence-corrected chi connectivity index (χ3v) is 6.01. The molecule has 2 N–H and O–H groups in total. The van der Waals surface area contributed by atoms with Gasteiger partial charge in [0.25, 0.3) is 11.8 Å². The average Bonchev–Trinajstić information content (AvgIpc) is 2.84. The predicted octanol–water partition coefficient (Wildman–Crippen LogP) is 4.81. The lowest BCUT2D eigenvalue weighted by Crippen LogP contribution is -2.45. The van der Waals surface area contributed by atoms with Gasteiger partial charge in [0.2, 0.25) is 0 Å². The number of anilines is 1. The van der Waals surface area contributed by atoms with Crippen molar-refractivity contribution in [3.8, 4) is 0 Å². The number of amides is 2. The summed E-state index contributed by atoms with van der Waals surface area (Å²) in [5.41, 5.74) is 2.85. The minimum absolute atomic E-state index is 0.0622. The van der Waals surface area contributed by atoms with Crippen LogP contribution in [0.2, 0.25) is 5.02 Å². The van der Waals surface area contributed by atoms with Gasteiger partial charge in [-0.1, -0.05) is 41.9 Å². The Morgan fingerprint density at radius 1 is 0.939 bits per heavy atom. The van der Waals surface area contributed by atoms with Crippen LogP contribution in [0.1, 0.15) is 39.1 Å². The van der Waals surface area contributed by atoms with E-state index in [4.69, 9.17) is 11.6 Å². The van der Waals surface area contributed by atoms with Gasteiger partial charge < -0.3 is 15.5 Å². The van der Waals surface area contributed by atoms with Gasteiger partial charge in [-0.3, -0.25) is 9.59 Å². The summed E-state index contributed by atoms with van der Waals surface area (Å²) in [7, 11) is 0. The van der Waals surface area contributed by atoms with Gasteiger partial charge in [-0.25, -0.2) is 4.39 Å². The zero-order chi connectivity index (χ0) is 23.2. The Kier molecular flexibility index (Phi) is 7.25. The van der Waals surface area contributed by atoms with Crippen molar-refractivity contribution in [3.63, 3.8) is 0 Å². The largest absolute Gasteiger partial charge is 0.371 e. The smallest absolute Gasteiger partial charge is 0.253 e. The quantitative estimate of drug-likeness (QED) is 0.549. The first-order valence-corrected chi connectivity index (χ1v) is 11.3. The number of nitrogens with one attached hydrogen (secondary N) is 2. The van der Waals surface area contributed by atoms with E-state index < -0.39 is 0 Å². The highest BCUT2D eigenvalue weighted by Gasteiger charge is 2.24. The number of carbonyl (C=O) groups is 2. The van der Waals surface area contributed by atoms with Gasteiger partial charge in [0, 0.05) is 41.9 Å². The summed E-state index contributed by atoms with van der Waals surface area (Å²) in [6.45, 7) is 1.77. The van der Waals surface area contributed by atoms with Crippen molar-refractivity contribution in [1.82, 2.24) is 10.6 Å². The van der Waals surface area contributed by atoms with Gasteiger partial charge in [-0.05, 0) is 60.9 Å². The molecule has 1 heterocycles. The number of carbonyl (C=O) groups excluding carboxylic acids is 2. The van der Waals surface area contributed by atoms with E-state index in [1.165, 1.54) is 12.1 Å². The molecule has 0 radical (unpaired) electrons. The molecule has 7 heteroatoms. The van der Waals surface area contributed by atoms with Gasteiger partial charge in [-0.15, -0.1) is 0 Å². The van der Waals surface area contributed by atoms with Crippen LogP contribution in [0.4, 0.5) is 10.1 Å². The van der Waals surface area contributed by atoms with Crippen LogP contribution in [-0.2, 0) is 6.54 Å². The van der Waals surface area contributed by atoms with E-state index in [9.17, 15) is 14.0 Å². The second kappa shape index (κ2) is 10.5. The molecular weight excluding hydrogens is 441 g/mol. The maximum Gasteiger partial charge on any atom is 0.253 e. The fourth-order valence-electron chi connectivity index (χ4n) is 3.98. The van der Waals surface area contributed by atoms with Crippen molar-refractivity contribution in [2.75, 3.05) is 18.0 Å². The molecule has 0 aliphatic carbocycles. The highest BCUT2D eigenvalue weighted by molar-refractivity contribution is 6.30. The minimum atomic E-state index is -0.303. The summed E-state index contributed by atoms with van der Waals surface area (Å²) in [5.74, 6) is -0.606. The van der Waals surface area contributed by atoms with Crippen LogP contribution < -0.4 is 15.5 Å². The maximum absolute atomic E-state index is 13.1. The van der Waals surface area contributed by atoms with Crippen LogP contribution in [0.3, 0.4) is 0 Å². The Hall–Kier alpha value is -3.38. The molecule has 1 aliphatic heterocycles. The van der Waals surface area contributed by atoms with Crippen molar-refractivity contribution >= 4 is 29.1 Å². The van der Waals surface area contributed by atoms with Crippen LogP contribution in [0, 0.1) is 5.82 Å². The standard InChI is InChI=1S/C26H25ClFN3O2/c27-20-5-3-4-19(16-20)25(32)30-22-12-14-31(15-13-22)24-7-2-1-6-23(24)26(33)29-17-18-8-10-21(28)11-9-18/h1-11,16,22H,12-15,17H2,(H,29,33)(H,30,32). The van der Waals surface area contributed by atoms with Gasteiger partial charge in [0.05, 0.1) is 5.56 Å². The van der Waals surface area contributed by atoms with E-state index in [1.54, 1.807) is 36.4 Å². The summed E-state index contributed by atoms with van der Waals surface area (Å²) >= 11 is 5.99. The van der Waals surface area contributed by atoms with E-state index in [2.05, 4.69) is 15.5 Å². The van der Waals surface area contributed by atoms with Crippen LogP contribution in [0.15, 0.2) is 72.8 Å². The zero-order valence-corrected chi connectivity index (χ0v) is 18.8. The fourth-order valence-corrected chi connectivity index (χ4v) is 4.17. The highest BCUT2D eigenvalue weighted by atomic mass is 35.5. The third kappa shape index (κ3) is 5.90. The van der Waals surface area contributed by atoms with Gasteiger partial charge >= 0.3 is 0 Å². The lowest BCUT2D eigenvalue weighted by Gasteiger charge is -2.35. The Balaban J connectivity index is 1.35. The molecule has 1 aliphatic rings. The molecule has 0 saturated carbocycles. The second-order valence-electron chi connectivity index (χ2n) is 8.07. The molecular formula is C26H25ClFN3O2. The Bertz CT molecular complexity index is 1130. The van der Waals surface area contributed by atoms with E-state index in [-0.39, 0.29) is 23.7 Å². The summed E-state index contributed by atoms with van der Waals surface area (Å²) in [5, 5.41) is 6.53. The van der Waals surface area contributed by atoms with Crippen LogP contribution >= 0.6 is 11.6 Å². The van der Waals surface area contributed by atoms with Crippen LogP contribution in [0.5, 0.6) is 0 Å². The zero-order valence-electron chi connectivity index (χ0n) is 18.1. The third-order valence-electron chi connectivity index (χ3n) is 5.77. The van der Waals surface area contributed by atoms with Crippen molar-refractivity contribution in [3.05, 3.63) is 100 Å². The molecule has 0 unspecified atom stereocenters. The molecule has 0 spiro atoms. The van der Waals surface area contributed by atoms with E-state index >= 15 is 0 Å². The van der Waals surface area contributed by atoms with Gasteiger partial charge in [-0.2, -0.15) is 0 Å². The molecule has 3 aromatic rings. The summed E-state index contributed by atoms with van der Waals surface area (Å²) in [4.78, 5) is 27.5. The number of para-hydroxylation sites is 1. The van der Waals surface area contributed by atoms with Crippen molar-refractivity contribution in [2.24, 2.45) is 0 Å². The second-order valence-corrected chi connectivity index (χ2v) is 8.51. The van der Waals surface area contributed by atoms with E-state index in [0.29, 0.717) is 22.7 Å². The SMILES string of the molecule is O=C(NC1CCN(c2ccccc2C(=O)NCc2ccc(F)cc2)CC1)c1cccc(Cl)c1. The molecule has 0 atom stereocenters. The highest BCUT2D eigenvalue weighted by Crippen LogP contribution is 2.25. The molecule has 0 bridgehead atoms. The molecule has 0 aromatic heterocycles. The lowest BCUT2D eigenvalue weighted by molar-refractivity contribution is 0.0929. The van der Waals surface area contributed by atoms with Gasteiger partial charge in [0.15, 0.2) is 0 Å². The van der Waals surface area contributed by atoms with Crippen LogP contribution in [0.25, 0.3) is 0 Å². The number of hydrogen-bond acceptors (Lipinski definition) is 3. The lowest BCUT2D eigenvalue weighted by atomic mass is 10.0. The molecule has 5 nitrogen and oxygen atoms in total. The topological polar surface area (TPSA) is 61.4 Å². The summed E-state index contributed by atoms with van der Waals surface area (Å²) < 4.78 is 13.1. The Morgan fingerprint density at radius 2 is 1.67 bits per heavy atom. The van der Waals surface area contributed by atoms with E-state index in [1.807, 2.05) is 24.3 Å². The molecule has 170 valence electrons. The molecule has 3 aromatic carbocycles. The number of nitrogens with zero attached hydrogens (tertiary/aromatic N) is 1. The monoisotopic (exact) mass is 465 g/mol. The van der Waals surface area contributed by atoms with Crippen LogP contribution in [-0.4, -0.2) is 30.9 Å². The first-order chi connectivity index (χ1) is 16.0. The first-order valence-electron chi connectivity index (χ1n) is 10.9. The Labute approximate surface area is 197 Å². The maximum atomic E-state index is 13.1.